The molecule has 0 fully saturated rings. The van der Waals surface area contributed by atoms with Gasteiger partial charge < -0.3 is 10.1 Å². The molecule has 0 spiro atoms. The van der Waals surface area contributed by atoms with E-state index in [2.05, 4.69) is 36.5 Å². The Labute approximate surface area is 199 Å². The molecule has 30 heavy (non-hydrogen) atoms. The number of rotatable bonds is 9. The van der Waals surface area contributed by atoms with Gasteiger partial charge in [-0.25, -0.2) is 0 Å². The quantitative estimate of drug-likeness (QED) is 0.335. The average molecular weight is 485 g/mol. The van der Waals surface area contributed by atoms with Crippen LogP contribution in [-0.4, -0.2) is 6.04 Å². The van der Waals surface area contributed by atoms with Gasteiger partial charge in [-0.15, -0.1) is 12.4 Å². The standard InChI is InChI=1S/C24H24Cl3NO.ClH/c1-17(7-8-18-5-3-2-4-6-18)28-15-20-13-21(25)11-12-24(20)29-16-19-9-10-22(26)14-23(19)27;/h2-6,9-14,17,28H,7-8,15-16H2,1H3;1H. The molecule has 0 heterocycles. The van der Waals surface area contributed by atoms with Crippen LogP contribution in [0.4, 0.5) is 0 Å². The SMILES string of the molecule is CC(CCc1ccccc1)NCc1cc(Cl)ccc1OCc1ccc(Cl)cc1Cl.Cl. The summed E-state index contributed by atoms with van der Waals surface area (Å²) >= 11 is 18.4. The molecule has 1 atom stereocenters. The van der Waals surface area contributed by atoms with Crippen molar-refractivity contribution in [3.8, 4) is 5.75 Å². The van der Waals surface area contributed by atoms with E-state index >= 15 is 0 Å². The van der Waals surface area contributed by atoms with Crippen LogP contribution in [0.5, 0.6) is 5.75 Å². The summed E-state index contributed by atoms with van der Waals surface area (Å²) in [6.07, 6.45) is 2.10. The highest BCUT2D eigenvalue weighted by Gasteiger charge is 2.09. The average Bonchev–Trinajstić information content (AvgIpc) is 2.72. The maximum absolute atomic E-state index is 6.25. The van der Waals surface area contributed by atoms with Crippen LogP contribution in [0.1, 0.15) is 30.0 Å². The number of benzene rings is 3. The van der Waals surface area contributed by atoms with E-state index in [4.69, 9.17) is 39.5 Å². The smallest absolute Gasteiger partial charge is 0.124 e. The number of ether oxygens (including phenoxy) is 1. The summed E-state index contributed by atoms with van der Waals surface area (Å²) in [5.74, 6) is 0.795. The summed E-state index contributed by atoms with van der Waals surface area (Å²) in [7, 11) is 0. The van der Waals surface area contributed by atoms with Crippen LogP contribution in [0.25, 0.3) is 0 Å². The second-order valence-corrected chi connectivity index (χ2v) is 8.36. The first-order valence-electron chi connectivity index (χ1n) is 9.63. The van der Waals surface area contributed by atoms with Crippen LogP contribution < -0.4 is 10.1 Å². The van der Waals surface area contributed by atoms with Crippen molar-refractivity contribution in [1.29, 1.82) is 0 Å². The third kappa shape index (κ3) is 7.68. The molecule has 0 saturated heterocycles. The monoisotopic (exact) mass is 483 g/mol. The number of hydrogen-bond donors (Lipinski definition) is 1. The molecule has 0 radical (unpaired) electrons. The minimum Gasteiger partial charge on any atom is -0.489 e. The van der Waals surface area contributed by atoms with Crippen LogP contribution in [-0.2, 0) is 19.6 Å². The minimum absolute atomic E-state index is 0. The summed E-state index contributed by atoms with van der Waals surface area (Å²) < 4.78 is 6.03. The molecule has 1 N–H and O–H groups in total. The second-order valence-electron chi connectivity index (χ2n) is 7.08. The lowest BCUT2D eigenvalue weighted by molar-refractivity contribution is 0.301. The van der Waals surface area contributed by atoms with Crippen LogP contribution in [0.2, 0.25) is 15.1 Å². The minimum atomic E-state index is 0. The summed E-state index contributed by atoms with van der Waals surface area (Å²) in [6, 6.07) is 22.0. The Balaban J connectivity index is 0.00000320. The molecule has 0 bridgehead atoms. The lowest BCUT2D eigenvalue weighted by Crippen LogP contribution is -2.26. The molecule has 3 rings (SSSR count). The van der Waals surface area contributed by atoms with Crippen LogP contribution in [0.15, 0.2) is 66.7 Å². The van der Waals surface area contributed by atoms with Crippen LogP contribution in [0, 0.1) is 0 Å². The van der Waals surface area contributed by atoms with Gasteiger partial charge in [0.1, 0.15) is 12.4 Å². The Morgan fingerprint density at radius 3 is 2.30 bits per heavy atom. The molecular weight excluding hydrogens is 460 g/mol. The van der Waals surface area contributed by atoms with Gasteiger partial charge in [0, 0.05) is 38.8 Å². The first-order chi connectivity index (χ1) is 14.0. The van der Waals surface area contributed by atoms with Crippen LogP contribution >= 0.6 is 47.2 Å². The highest BCUT2D eigenvalue weighted by molar-refractivity contribution is 6.35. The molecule has 2 nitrogen and oxygen atoms in total. The predicted molar refractivity (Wildman–Crippen MR) is 131 cm³/mol. The highest BCUT2D eigenvalue weighted by Crippen LogP contribution is 2.26. The van der Waals surface area contributed by atoms with Crippen molar-refractivity contribution >= 4 is 47.2 Å². The molecule has 0 amide bonds. The van der Waals surface area contributed by atoms with E-state index in [0.29, 0.717) is 34.3 Å². The van der Waals surface area contributed by atoms with Gasteiger partial charge in [-0.2, -0.15) is 0 Å². The van der Waals surface area contributed by atoms with Gasteiger partial charge in [0.2, 0.25) is 0 Å². The maximum Gasteiger partial charge on any atom is 0.124 e. The van der Waals surface area contributed by atoms with E-state index in [1.54, 1.807) is 6.07 Å². The lowest BCUT2D eigenvalue weighted by Gasteiger charge is -2.17. The zero-order valence-corrected chi connectivity index (χ0v) is 19.8. The van der Waals surface area contributed by atoms with E-state index in [1.807, 2.05) is 36.4 Å². The molecule has 0 aromatic heterocycles. The second kappa shape index (κ2) is 12.4. The van der Waals surface area contributed by atoms with Gasteiger partial charge in [0.15, 0.2) is 0 Å². The molecular formula is C24H25Cl4NO. The van der Waals surface area contributed by atoms with E-state index in [1.165, 1.54) is 5.56 Å². The van der Waals surface area contributed by atoms with Crippen LogP contribution in [0.3, 0.4) is 0 Å². The molecule has 0 aliphatic rings. The molecule has 3 aromatic carbocycles. The van der Waals surface area contributed by atoms with Crippen molar-refractivity contribution in [3.63, 3.8) is 0 Å². The first-order valence-corrected chi connectivity index (χ1v) is 10.8. The number of halogens is 4. The van der Waals surface area contributed by atoms with Gasteiger partial charge in [-0.1, -0.05) is 71.2 Å². The third-order valence-corrected chi connectivity index (χ3v) is 5.59. The van der Waals surface area contributed by atoms with E-state index in [9.17, 15) is 0 Å². The normalized spacial score (nSPS) is 11.6. The van der Waals surface area contributed by atoms with E-state index in [0.717, 1.165) is 29.7 Å². The van der Waals surface area contributed by atoms with Gasteiger partial charge in [-0.05, 0) is 55.7 Å². The van der Waals surface area contributed by atoms with Gasteiger partial charge in [0.05, 0.1) is 0 Å². The largest absolute Gasteiger partial charge is 0.489 e. The Morgan fingerprint density at radius 2 is 1.57 bits per heavy atom. The topological polar surface area (TPSA) is 21.3 Å². The lowest BCUT2D eigenvalue weighted by atomic mass is 10.1. The molecule has 3 aromatic rings. The van der Waals surface area contributed by atoms with Crippen molar-refractivity contribution in [3.05, 3.63) is 98.5 Å². The van der Waals surface area contributed by atoms with Crippen molar-refractivity contribution in [2.45, 2.75) is 39.0 Å². The summed E-state index contributed by atoms with van der Waals surface area (Å²) in [5, 5.41) is 5.47. The highest BCUT2D eigenvalue weighted by atomic mass is 35.5. The van der Waals surface area contributed by atoms with Crippen molar-refractivity contribution < 1.29 is 4.74 Å². The molecule has 0 saturated carbocycles. The van der Waals surface area contributed by atoms with Crippen molar-refractivity contribution in [2.24, 2.45) is 0 Å². The Kier molecular flexibility index (Phi) is 10.3. The molecule has 6 heteroatoms. The maximum atomic E-state index is 6.25. The fourth-order valence-corrected chi connectivity index (χ4v) is 3.69. The molecule has 0 aliphatic heterocycles. The fourth-order valence-electron chi connectivity index (χ4n) is 3.04. The van der Waals surface area contributed by atoms with Crippen molar-refractivity contribution in [1.82, 2.24) is 5.32 Å². The Hall–Kier alpha value is -1.42. The molecule has 0 aliphatic carbocycles. The molecule has 1 unspecified atom stereocenters. The zero-order chi connectivity index (χ0) is 20.6. The van der Waals surface area contributed by atoms with Gasteiger partial charge in [-0.3, -0.25) is 0 Å². The van der Waals surface area contributed by atoms with Gasteiger partial charge >= 0.3 is 0 Å². The summed E-state index contributed by atoms with van der Waals surface area (Å²) in [6.45, 7) is 3.25. The zero-order valence-electron chi connectivity index (χ0n) is 16.7. The Bertz CT molecular complexity index is 934. The first kappa shape index (κ1) is 24.8. The predicted octanol–water partition coefficient (Wildman–Crippen LogP) is 7.76. The number of aryl methyl sites for hydroxylation is 1. The number of nitrogens with one attached hydrogen (secondary N) is 1. The summed E-state index contributed by atoms with van der Waals surface area (Å²) in [4.78, 5) is 0. The third-order valence-electron chi connectivity index (χ3n) is 4.77. The van der Waals surface area contributed by atoms with E-state index < -0.39 is 0 Å². The van der Waals surface area contributed by atoms with E-state index in [-0.39, 0.29) is 12.4 Å². The molecule has 160 valence electrons. The number of hydrogen-bond acceptors (Lipinski definition) is 2. The fraction of sp³-hybridized carbons (Fsp3) is 0.250. The van der Waals surface area contributed by atoms with Gasteiger partial charge in [0.25, 0.3) is 0 Å². The van der Waals surface area contributed by atoms with Crippen molar-refractivity contribution in [2.75, 3.05) is 0 Å². The summed E-state index contributed by atoms with van der Waals surface area (Å²) in [5.41, 5.74) is 3.27. The Morgan fingerprint density at radius 1 is 0.867 bits per heavy atom.